The van der Waals surface area contributed by atoms with Crippen LogP contribution in [0.25, 0.3) is 5.52 Å². The van der Waals surface area contributed by atoms with Gasteiger partial charge in [0.05, 0.1) is 17.3 Å². The summed E-state index contributed by atoms with van der Waals surface area (Å²) in [6, 6.07) is 5.81. The fraction of sp³-hybridized carbons (Fsp3) is 0.467. The molecule has 1 atom stereocenters. The van der Waals surface area contributed by atoms with Crippen molar-refractivity contribution in [3.63, 3.8) is 0 Å². The van der Waals surface area contributed by atoms with Gasteiger partial charge in [-0.05, 0) is 31.5 Å². The van der Waals surface area contributed by atoms with Gasteiger partial charge in [-0.25, -0.2) is 4.52 Å². The van der Waals surface area contributed by atoms with Crippen LogP contribution in [-0.4, -0.2) is 46.6 Å². The summed E-state index contributed by atoms with van der Waals surface area (Å²) >= 11 is 0. The second-order valence-electron chi connectivity index (χ2n) is 5.99. The topological polar surface area (TPSA) is 49.6 Å². The SMILES string of the molecule is Cl.O=C(c1cnn2ccccc12)N1CCC2(CCNC2)C1. The van der Waals surface area contributed by atoms with E-state index in [9.17, 15) is 4.79 Å². The molecule has 0 bridgehead atoms. The monoisotopic (exact) mass is 306 g/mol. The average Bonchev–Trinajstić information content (AvgIpc) is 3.20. The summed E-state index contributed by atoms with van der Waals surface area (Å²) in [6.45, 7) is 3.87. The predicted octanol–water partition coefficient (Wildman–Crippen LogP) is 1.58. The maximum atomic E-state index is 12.7. The fourth-order valence-corrected chi connectivity index (χ4v) is 3.52. The fourth-order valence-electron chi connectivity index (χ4n) is 3.52. The summed E-state index contributed by atoms with van der Waals surface area (Å²) in [5.41, 5.74) is 1.93. The number of pyridine rings is 1. The van der Waals surface area contributed by atoms with Gasteiger partial charge in [-0.2, -0.15) is 5.10 Å². The Morgan fingerprint density at radius 2 is 2.24 bits per heavy atom. The van der Waals surface area contributed by atoms with Gasteiger partial charge in [0.15, 0.2) is 0 Å². The molecule has 4 rings (SSSR count). The second-order valence-corrected chi connectivity index (χ2v) is 5.99. The van der Waals surface area contributed by atoms with Gasteiger partial charge in [0, 0.05) is 31.2 Å². The molecular formula is C15H19ClN4O. The van der Waals surface area contributed by atoms with E-state index >= 15 is 0 Å². The molecule has 6 heteroatoms. The van der Waals surface area contributed by atoms with Crippen molar-refractivity contribution in [1.82, 2.24) is 19.8 Å². The third-order valence-corrected chi connectivity index (χ3v) is 4.71. The molecule has 1 N–H and O–H groups in total. The van der Waals surface area contributed by atoms with E-state index in [-0.39, 0.29) is 18.3 Å². The first-order chi connectivity index (χ1) is 9.77. The van der Waals surface area contributed by atoms with E-state index in [1.54, 1.807) is 10.7 Å². The van der Waals surface area contributed by atoms with Gasteiger partial charge < -0.3 is 10.2 Å². The number of hydrogen-bond acceptors (Lipinski definition) is 3. The number of carbonyl (C=O) groups excluding carboxylic acids is 1. The van der Waals surface area contributed by atoms with Crippen LogP contribution in [0.1, 0.15) is 23.2 Å². The Kier molecular flexibility index (Phi) is 3.63. The molecule has 21 heavy (non-hydrogen) atoms. The van der Waals surface area contributed by atoms with Crippen molar-refractivity contribution in [2.24, 2.45) is 5.41 Å². The van der Waals surface area contributed by atoms with Crippen molar-refractivity contribution in [2.45, 2.75) is 12.8 Å². The van der Waals surface area contributed by atoms with E-state index in [1.165, 1.54) is 6.42 Å². The maximum Gasteiger partial charge on any atom is 0.257 e. The first-order valence-corrected chi connectivity index (χ1v) is 7.20. The Morgan fingerprint density at radius 3 is 3.05 bits per heavy atom. The third kappa shape index (κ3) is 2.30. The third-order valence-electron chi connectivity index (χ3n) is 4.71. The van der Waals surface area contributed by atoms with Crippen LogP contribution in [-0.2, 0) is 0 Å². The number of nitrogens with one attached hydrogen (secondary N) is 1. The minimum atomic E-state index is 0. The van der Waals surface area contributed by atoms with Crippen molar-refractivity contribution in [3.8, 4) is 0 Å². The predicted molar refractivity (Wildman–Crippen MR) is 82.9 cm³/mol. The summed E-state index contributed by atoms with van der Waals surface area (Å²) in [5, 5.41) is 7.68. The zero-order valence-electron chi connectivity index (χ0n) is 11.8. The van der Waals surface area contributed by atoms with Crippen LogP contribution in [0.2, 0.25) is 0 Å². The van der Waals surface area contributed by atoms with Gasteiger partial charge in [-0.15, -0.1) is 12.4 Å². The smallest absolute Gasteiger partial charge is 0.257 e. The second kappa shape index (κ2) is 5.31. The van der Waals surface area contributed by atoms with E-state index in [0.717, 1.165) is 38.1 Å². The largest absolute Gasteiger partial charge is 0.338 e. The number of nitrogens with zero attached hydrogens (tertiary/aromatic N) is 3. The highest BCUT2D eigenvalue weighted by atomic mass is 35.5. The molecule has 2 aliphatic heterocycles. The number of aromatic nitrogens is 2. The number of amides is 1. The number of rotatable bonds is 1. The molecule has 2 saturated heterocycles. The molecule has 0 aliphatic carbocycles. The molecule has 5 nitrogen and oxygen atoms in total. The number of hydrogen-bond donors (Lipinski definition) is 1. The molecule has 2 aromatic rings. The van der Waals surface area contributed by atoms with Crippen molar-refractivity contribution >= 4 is 23.8 Å². The Hall–Kier alpha value is -1.59. The highest BCUT2D eigenvalue weighted by Gasteiger charge is 2.42. The lowest BCUT2D eigenvalue weighted by Crippen LogP contribution is -2.33. The first kappa shape index (κ1) is 14.4. The summed E-state index contributed by atoms with van der Waals surface area (Å²) in [5.74, 6) is 0.120. The summed E-state index contributed by atoms with van der Waals surface area (Å²) in [6.07, 6.45) is 5.87. The van der Waals surface area contributed by atoms with E-state index in [1.807, 2.05) is 29.3 Å². The highest BCUT2D eigenvalue weighted by Crippen LogP contribution is 2.36. The zero-order chi connectivity index (χ0) is 13.6. The van der Waals surface area contributed by atoms with Crippen LogP contribution in [0, 0.1) is 5.41 Å². The minimum Gasteiger partial charge on any atom is -0.338 e. The molecule has 112 valence electrons. The van der Waals surface area contributed by atoms with E-state index < -0.39 is 0 Å². The minimum absolute atomic E-state index is 0. The van der Waals surface area contributed by atoms with Crippen molar-refractivity contribution in [1.29, 1.82) is 0 Å². The molecule has 1 unspecified atom stereocenters. The number of halogens is 1. The summed E-state index contributed by atoms with van der Waals surface area (Å²) in [4.78, 5) is 14.7. The Morgan fingerprint density at radius 1 is 1.33 bits per heavy atom. The molecule has 0 aromatic carbocycles. The number of likely N-dealkylation sites (tertiary alicyclic amines) is 1. The quantitative estimate of drug-likeness (QED) is 0.870. The Labute approximate surface area is 129 Å². The standard InChI is InChI=1S/C15H18N4O.ClH/c20-14(12-9-17-19-7-2-1-3-13(12)19)18-8-5-15(11-18)4-6-16-10-15;/h1-3,7,9,16H,4-6,8,10-11H2;1H. The lowest BCUT2D eigenvalue weighted by atomic mass is 9.86. The van der Waals surface area contributed by atoms with Gasteiger partial charge in [0.2, 0.25) is 0 Å². The van der Waals surface area contributed by atoms with Crippen LogP contribution < -0.4 is 5.32 Å². The van der Waals surface area contributed by atoms with Gasteiger partial charge in [0.25, 0.3) is 5.91 Å². The highest BCUT2D eigenvalue weighted by molar-refractivity contribution is 6.00. The molecule has 1 spiro atoms. The molecular weight excluding hydrogens is 288 g/mol. The van der Waals surface area contributed by atoms with Gasteiger partial charge >= 0.3 is 0 Å². The van der Waals surface area contributed by atoms with Crippen molar-refractivity contribution in [3.05, 3.63) is 36.2 Å². The number of carbonyl (C=O) groups is 1. The van der Waals surface area contributed by atoms with Crippen LogP contribution in [0.15, 0.2) is 30.6 Å². The summed E-state index contributed by atoms with van der Waals surface area (Å²) < 4.78 is 1.76. The van der Waals surface area contributed by atoms with Crippen LogP contribution >= 0.6 is 12.4 Å². The van der Waals surface area contributed by atoms with Gasteiger partial charge in [0.1, 0.15) is 0 Å². The average molecular weight is 307 g/mol. The Bertz CT molecular complexity index is 662. The van der Waals surface area contributed by atoms with Crippen molar-refractivity contribution in [2.75, 3.05) is 26.2 Å². The van der Waals surface area contributed by atoms with E-state index in [0.29, 0.717) is 11.0 Å². The lowest BCUT2D eigenvalue weighted by Gasteiger charge is -2.22. The maximum absolute atomic E-state index is 12.7. The molecule has 2 aromatic heterocycles. The molecule has 4 heterocycles. The van der Waals surface area contributed by atoms with Gasteiger partial charge in [-0.3, -0.25) is 4.79 Å². The van der Waals surface area contributed by atoms with Crippen molar-refractivity contribution < 1.29 is 4.79 Å². The summed E-state index contributed by atoms with van der Waals surface area (Å²) in [7, 11) is 0. The van der Waals surface area contributed by atoms with Crippen LogP contribution in [0.4, 0.5) is 0 Å². The number of fused-ring (bicyclic) bond motifs is 1. The lowest BCUT2D eigenvalue weighted by molar-refractivity contribution is 0.0777. The normalized spacial score (nSPS) is 24.7. The molecule has 0 saturated carbocycles. The van der Waals surface area contributed by atoms with Crippen LogP contribution in [0.3, 0.4) is 0 Å². The zero-order valence-corrected chi connectivity index (χ0v) is 12.6. The molecule has 2 fully saturated rings. The molecule has 2 aliphatic rings. The van der Waals surface area contributed by atoms with E-state index in [2.05, 4.69) is 10.4 Å². The first-order valence-electron chi connectivity index (χ1n) is 7.20. The molecule has 0 radical (unpaired) electrons. The van der Waals surface area contributed by atoms with Gasteiger partial charge in [-0.1, -0.05) is 6.07 Å². The molecule has 1 amide bonds. The Balaban J connectivity index is 0.00000132. The van der Waals surface area contributed by atoms with E-state index in [4.69, 9.17) is 0 Å². The van der Waals surface area contributed by atoms with Crippen LogP contribution in [0.5, 0.6) is 0 Å².